The van der Waals surface area contributed by atoms with E-state index in [1.807, 2.05) is 0 Å². The summed E-state index contributed by atoms with van der Waals surface area (Å²) in [7, 11) is 0. The van der Waals surface area contributed by atoms with Gasteiger partial charge in [0, 0.05) is 29.8 Å². The van der Waals surface area contributed by atoms with Crippen LogP contribution in [-0.4, -0.2) is 38.6 Å². The van der Waals surface area contributed by atoms with Gasteiger partial charge in [0.15, 0.2) is 0 Å². The minimum absolute atomic E-state index is 0.0815. The lowest BCUT2D eigenvalue weighted by Crippen LogP contribution is -2.56. The van der Waals surface area contributed by atoms with Crippen LogP contribution < -0.4 is 0 Å². The van der Waals surface area contributed by atoms with Gasteiger partial charge in [-0.05, 0) is 30.9 Å². The quantitative estimate of drug-likeness (QED) is 0.635. The maximum absolute atomic E-state index is 13.6. The molecular weight excluding hydrogens is 367 g/mol. The van der Waals surface area contributed by atoms with Gasteiger partial charge in [-0.25, -0.2) is 0 Å². The number of hydrogen-bond donors (Lipinski definition) is 1. The number of halogens is 3. The molecule has 1 aromatic rings. The number of nitro groups is 1. The molecule has 1 aliphatic carbocycles. The molecular formula is C17H18F3N3O4. The van der Waals surface area contributed by atoms with Gasteiger partial charge >= 0.3 is 6.18 Å². The van der Waals surface area contributed by atoms with Crippen LogP contribution in [-0.2, 0) is 0 Å². The number of nitrogens with zero attached hydrogens (tertiary/aromatic N) is 3. The summed E-state index contributed by atoms with van der Waals surface area (Å²) in [6.45, 7) is 0. The highest BCUT2D eigenvalue weighted by atomic mass is 19.4. The van der Waals surface area contributed by atoms with Gasteiger partial charge in [0.05, 0.1) is 4.92 Å². The third kappa shape index (κ3) is 3.53. The molecule has 1 aliphatic heterocycles. The molecule has 1 heterocycles. The molecule has 3 rings (SSSR count). The van der Waals surface area contributed by atoms with E-state index in [9.17, 15) is 33.2 Å². The van der Waals surface area contributed by atoms with E-state index < -0.39 is 29.2 Å². The fraction of sp³-hybridized carbons (Fsp3) is 0.529. The monoisotopic (exact) mass is 385 g/mol. The van der Waals surface area contributed by atoms with Crippen LogP contribution in [0.1, 0.15) is 48.9 Å². The Morgan fingerprint density at radius 2 is 1.81 bits per heavy atom. The van der Waals surface area contributed by atoms with E-state index in [4.69, 9.17) is 0 Å². The topological polar surface area (TPSA) is 96.0 Å². The minimum Gasteiger partial charge on any atom is -0.362 e. The first-order valence-corrected chi connectivity index (χ1v) is 8.59. The maximum Gasteiger partial charge on any atom is 0.438 e. The van der Waals surface area contributed by atoms with E-state index in [-0.39, 0.29) is 27.9 Å². The summed E-state index contributed by atoms with van der Waals surface area (Å²) in [5.74, 6) is -1.35. The summed E-state index contributed by atoms with van der Waals surface area (Å²) in [5, 5.41) is 25.0. The number of carbonyl (C=O) groups excluding carboxylic acids is 1. The summed E-state index contributed by atoms with van der Waals surface area (Å²) in [6.07, 6.45) is -1.80. The van der Waals surface area contributed by atoms with Crippen LogP contribution in [0.2, 0.25) is 0 Å². The summed E-state index contributed by atoms with van der Waals surface area (Å²) < 4.78 is 40.7. The maximum atomic E-state index is 13.6. The fourth-order valence-corrected chi connectivity index (χ4v) is 3.52. The van der Waals surface area contributed by atoms with Crippen molar-refractivity contribution in [3.8, 4) is 0 Å². The number of benzene rings is 1. The Bertz CT molecular complexity index is 773. The molecule has 0 radical (unpaired) electrons. The summed E-state index contributed by atoms with van der Waals surface area (Å²) in [5.41, 5.74) is -3.77. The zero-order chi connectivity index (χ0) is 19.8. The Morgan fingerprint density at radius 3 is 2.33 bits per heavy atom. The van der Waals surface area contributed by atoms with Crippen LogP contribution in [0, 0.1) is 16.0 Å². The van der Waals surface area contributed by atoms with Gasteiger partial charge in [0.25, 0.3) is 17.3 Å². The van der Waals surface area contributed by atoms with Gasteiger partial charge in [-0.3, -0.25) is 14.9 Å². The fourth-order valence-electron chi connectivity index (χ4n) is 3.52. The van der Waals surface area contributed by atoms with Crippen molar-refractivity contribution in [3.63, 3.8) is 0 Å². The molecule has 0 saturated heterocycles. The predicted octanol–water partition coefficient (Wildman–Crippen LogP) is 3.63. The number of nitro benzene ring substituents is 1. The van der Waals surface area contributed by atoms with Crippen molar-refractivity contribution in [1.82, 2.24) is 5.01 Å². The molecule has 10 heteroatoms. The summed E-state index contributed by atoms with van der Waals surface area (Å²) in [6, 6.07) is 4.13. The van der Waals surface area contributed by atoms with Crippen LogP contribution in [0.15, 0.2) is 29.4 Å². The molecule has 1 saturated carbocycles. The molecule has 1 aromatic carbocycles. The Hall–Kier alpha value is -2.49. The van der Waals surface area contributed by atoms with Crippen molar-refractivity contribution in [3.05, 3.63) is 39.9 Å². The molecule has 1 fully saturated rings. The molecule has 0 bridgehead atoms. The minimum atomic E-state index is -5.09. The second-order valence-corrected chi connectivity index (χ2v) is 6.84. The molecule has 0 spiro atoms. The highest BCUT2D eigenvalue weighted by Gasteiger charge is 2.63. The second kappa shape index (κ2) is 6.91. The van der Waals surface area contributed by atoms with Gasteiger partial charge in [0.2, 0.25) is 0 Å². The van der Waals surface area contributed by atoms with Crippen LogP contribution in [0.25, 0.3) is 0 Å². The number of hydrogen-bond acceptors (Lipinski definition) is 5. The molecule has 7 nitrogen and oxygen atoms in total. The van der Waals surface area contributed by atoms with Crippen LogP contribution >= 0.6 is 0 Å². The Morgan fingerprint density at radius 1 is 1.22 bits per heavy atom. The lowest BCUT2D eigenvalue weighted by molar-refractivity contribution is -0.384. The normalized spacial score (nSPS) is 24.0. The Kier molecular flexibility index (Phi) is 4.94. The summed E-state index contributed by atoms with van der Waals surface area (Å²) >= 11 is 0. The van der Waals surface area contributed by atoms with Crippen molar-refractivity contribution in [2.24, 2.45) is 11.0 Å². The first-order chi connectivity index (χ1) is 12.6. The number of rotatable bonds is 3. The average Bonchev–Trinajstić information content (AvgIpc) is 3.01. The third-order valence-corrected chi connectivity index (χ3v) is 5.05. The van der Waals surface area contributed by atoms with E-state index in [0.29, 0.717) is 12.8 Å². The van der Waals surface area contributed by atoms with Gasteiger partial charge in [-0.2, -0.15) is 23.3 Å². The largest absolute Gasteiger partial charge is 0.438 e. The predicted molar refractivity (Wildman–Crippen MR) is 88.9 cm³/mol. The molecule has 1 atom stereocenters. The smallest absolute Gasteiger partial charge is 0.362 e. The van der Waals surface area contributed by atoms with Crippen molar-refractivity contribution < 1.29 is 28.0 Å². The van der Waals surface area contributed by atoms with Crippen molar-refractivity contribution in [1.29, 1.82) is 0 Å². The molecule has 1 unspecified atom stereocenters. The molecule has 146 valence electrons. The number of aliphatic hydroxyl groups is 1. The van der Waals surface area contributed by atoms with Gasteiger partial charge in [0.1, 0.15) is 0 Å². The molecule has 1 N–H and O–H groups in total. The van der Waals surface area contributed by atoms with Crippen LogP contribution in [0.4, 0.5) is 18.9 Å². The number of non-ortho nitro benzene ring substituents is 1. The van der Waals surface area contributed by atoms with Gasteiger partial charge in [-0.1, -0.05) is 19.3 Å². The van der Waals surface area contributed by atoms with Crippen molar-refractivity contribution >= 4 is 17.3 Å². The van der Waals surface area contributed by atoms with E-state index in [2.05, 4.69) is 5.10 Å². The zero-order valence-corrected chi connectivity index (χ0v) is 14.3. The number of amides is 1. The molecule has 0 aromatic heterocycles. The SMILES string of the molecule is O=C(c1ccc([N+](=O)[O-])cc1)N1N=C(C2CCCCC2)CC1(O)C(F)(F)F. The summed E-state index contributed by atoms with van der Waals surface area (Å²) in [4.78, 5) is 22.6. The standard InChI is InChI=1S/C17H18F3N3O4/c18-17(19,20)16(25)10-14(11-4-2-1-3-5-11)21-22(16)15(24)12-6-8-13(9-7-12)23(26)27/h6-9,11,25H,1-5,10H2. The van der Waals surface area contributed by atoms with E-state index >= 15 is 0 Å². The second-order valence-electron chi connectivity index (χ2n) is 6.84. The average molecular weight is 385 g/mol. The number of carbonyl (C=O) groups is 1. The van der Waals surface area contributed by atoms with E-state index in [1.54, 1.807) is 0 Å². The van der Waals surface area contributed by atoms with E-state index in [1.165, 1.54) is 0 Å². The Labute approximate surface area is 152 Å². The van der Waals surface area contributed by atoms with Crippen LogP contribution in [0.3, 0.4) is 0 Å². The van der Waals surface area contributed by atoms with Gasteiger partial charge in [-0.15, -0.1) is 0 Å². The molecule has 2 aliphatic rings. The first kappa shape index (κ1) is 19.3. The van der Waals surface area contributed by atoms with Crippen molar-refractivity contribution in [2.75, 3.05) is 0 Å². The Balaban J connectivity index is 1.93. The third-order valence-electron chi connectivity index (χ3n) is 5.05. The van der Waals surface area contributed by atoms with Crippen LogP contribution in [0.5, 0.6) is 0 Å². The zero-order valence-electron chi connectivity index (χ0n) is 14.3. The number of alkyl halides is 3. The number of hydrazone groups is 1. The van der Waals surface area contributed by atoms with Crippen molar-refractivity contribution in [2.45, 2.75) is 50.4 Å². The highest BCUT2D eigenvalue weighted by Crippen LogP contribution is 2.43. The first-order valence-electron chi connectivity index (χ1n) is 8.59. The molecule has 27 heavy (non-hydrogen) atoms. The lowest BCUT2D eigenvalue weighted by atomic mass is 9.83. The van der Waals surface area contributed by atoms with E-state index in [0.717, 1.165) is 43.5 Å². The highest BCUT2D eigenvalue weighted by molar-refractivity contribution is 5.99. The molecule has 1 amide bonds. The van der Waals surface area contributed by atoms with Gasteiger partial charge < -0.3 is 5.11 Å². The lowest BCUT2D eigenvalue weighted by Gasteiger charge is -2.32.